The number of anilines is 3. The molecular formula is C26H47N5. The molecule has 0 unspecified atom stereocenters. The van der Waals surface area contributed by atoms with Crippen molar-refractivity contribution < 1.29 is 2.85 Å². The van der Waals surface area contributed by atoms with E-state index in [0.717, 1.165) is 42.2 Å². The highest BCUT2D eigenvalue weighted by Crippen LogP contribution is 2.30. The van der Waals surface area contributed by atoms with E-state index in [9.17, 15) is 0 Å². The topological polar surface area (TPSA) is 76.7 Å². The molecule has 0 atom stereocenters. The van der Waals surface area contributed by atoms with Gasteiger partial charge < -0.3 is 11.1 Å². The lowest BCUT2D eigenvalue weighted by Crippen LogP contribution is -2.24. The molecule has 0 saturated heterocycles. The molecule has 1 aromatic heterocycles. The molecule has 0 amide bonds. The van der Waals surface area contributed by atoms with Crippen LogP contribution in [0.4, 0.5) is 17.3 Å². The summed E-state index contributed by atoms with van der Waals surface area (Å²) in [6.45, 7) is 18.6. The number of aromatic nitrogens is 3. The molecule has 0 bridgehead atoms. The molecule has 0 fully saturated rings. The van der Waals surface area contributed by atoms with Gasteiger partial charge in [-0.1, -0.05) is 86.6 Å². The van der Waals surface area contributed by atoms with E-state index in [1.54, 1.807) is 0 Å². The van der Waals surface area contributed by atoms with Crippen LogP contribution in [0.2, 0.25) is 0 Å². The van der Waals surface area contributed by atoms with Crippen LogP contribution < -0.4 is 11.1 Å². The van der Waals surface area contributed by atoms with Gasteiger partial charge in [-0.3, -0.25) is 0 Å². The van der Waals surface area contributed by atoms with Crippen molar-refractivity contribution in [2.24, 2.45) is 0 Å². The number of nitrogens with two attached hydrogens (primary N) is 1. The van der Waals surface area contributed by atoms with Crippen LogP contribution in [0.3, 0.4) is 0 Å². The van der Waals surface area contributed by atoms with Crippen molar-refractivity contribution in [3.63, 3.8) is 0 Å². The van der Waals surface area contributed by atoms with Crippen molar-refractivity contribution in [3.8, 4) is 0 Å². The Hall–Kier alpha value is -2.69. The number of rotatable bonds is 6. The van der Waals surface area contributed by atoms with Crippen LogP contribution in [0.25, 0.3) is 5.57 Å². The predicted molar refractivity (Wildman–Crippen MR) is 142 cm³/mol. The zero-order valence-electron chi connectivity index (χ0n) is 21.1. The summed E-state index contributed by atoms with van der Waals surface area (Å²) in [7, 11) is 0. The second-order valence-electron chi connectivity index (χ2n) is 6.62. The Morgan fingerprint density at radius 2 is 1.65 bits per heavy atom. The van der Waals surface area contributed by atoms with E-state index in [2.05, 4.69) is 49.3 Å². The zero-order valence-corrected chi connectivity index (χ0v) is 21.1. The van der Waals surface area contributed by atoms with Gasteiger partial charge in [0.05, 0.1) is 0 Å². The SMILES string of the molecule is CC.CC.CC.CCC(C)(CC)c1nc(Nc2cccc(N)c2)nc(C2=CCC=C2)n1.[HH].[HH]. The van der Waals surface area contributed by atoms with Gasteiger partial charge in [-0.15, -0.1) is 0 Å². The van der Waals surface area contributed by atoms with Crippen molar-refractivity contribution in [3.05, 3.63) is 54.1 Å². The Morgan fingerprint density at radius 1 is 1.00 bits per heavy atom. The van der Waals surface area contributed by atoms with Gasteiger partial charge in [0.2, 0.25) is 5.95 Å². The van der Waals surface area contributed by atoms with E-state index in [1.165, 1.54) is 0 Å². The average molecular weight is 430 g/mol. The fourth-order valence-corrected chi connectivity index (χ4v) is 2.77. The van der Waals surface area contributed by atoms with E-state index < -0.39 is 0 Å². The third-order valence-corrected chi connectivity index (χ3v) is 4.91. The van der Waals surface area contributed by atoms with Crippen molar-refractivity contribution in [1.82, 2.24) is 15.0 Å². The van der Waals surface area contributed by atoms with Crippen molar-refractivity contribution in [1.29, 1.82) is 0 Å². The van der Waals surface area contributed by atoms with Crippen LogP contribution in [-0.2, 0) is 5.41 Å². The smallest absolute Gasteiger partial charge is 0.231 e. The number of allylic oxidation sites excluding steroid dienone is 4. The summed E-state index contributed by atoms with van der Waals surface area (Å²) in [5.41, 5.74) is 8.42. The maximum atomic E-state index is 5.87. The highest BCUT2D eigenvalue weighted by Gasteiger charge is 2.27. The first-order valence-corrected chi connectivity index (χ1v) is 11.8. The highest BCUT2D eigenvalue weighted by molar-refractivity contribution is 5.73. The number of nitrogens with one attached hydrogen (secondary N) is 1. The summed E-state index contributed by atoms with van der Waals surface area (Å²) in [4.78, 5) is 14.1. The fourth-order valence-electron chi connectivity index (χ4n) is 2.77. The van der Waals surface area contributed by atoms with Crippen molar-refractivity contribution >= 4 is 22.9 Å². The summed E-state index contributed by atoms with van der Waals surface area (Å²) in [5.74, 6) is 2.10. The molecular weight excluding hydrogens is 382 g/mol. The second-order valence-corrected chi connectivity index (χ2v) is 6.62. The van der Waals surface area contributed by atoms with E-state index in [4.69, 9.17) is 15.7 Å². The zero-order chi connectivity index (χ0) is 23.9. The third kappa shape index (κ3) is 8.16. The first-order chi connectivity index (χ1) is 15.0. The number of nitrogens with zero attached hydrogens (tertiary/aromatic N) is 3. The van der Waals surface area contributed by atoms with Crippen LogP contribution in [0.5, 0.6) is 0 Å². The molecule has 5 nitrogen and oxygen atoms in total. The molecule has 5 heteroatoms. The Morgan fingerprint density at radius 3 is 2.16 bits per heavy atom. The molecule has 0 saturated carbocycles. The monoisotopic (exact) mass is 429 g/mol. The van der Waals surface area contributed by atoms with Gasteiger partial charge in [0.1, 0.15) is 5.82 Å². The first kappa shape index (κ1) is 28.3. The van der Waals surface area contributed by atoms with Crippen LogP contribution in [0.15, 0.2) is 42.5 Å². The number of hydrogen-bond acceptors (Lipinski definition) is 5. The first-order valence-electron chi connectivity index (χ1n) is 11.8. The lowest BCUT2D eigenvalue weighted by molar-refractivity contribution is 0.410. The second kappa shape index (κ2) is 15.2. The molecule has 1 aromatic carbocycles. The van der Waals surface area contributed by atoms with Crippen LogP contribution in [0, 0.1) is 0 Å². The highest BCUT2D eigenvalue weighted by atomic mass is 15.2. The number of nitrogen functional groups attached to an aromatic ring is 1. The largest absolute Gasteiger partial charge is 0.399 e. The Labute approximate surface area is 193 Å². The summed E-state index contributed by atoms with van der Waals surface area (Å²) >= 11 is 0. The minimum absolute atomic E-state index is 0. The maximum Gasteiger partial charge on any atom is 0.231 e. The maximum absolute atomic E-state index is 5.87. The fraction of sp³-hybridized carbons (Fsp3) is 0.500. The van der Waals surface area contributed by atoms with Gasteiger partial charge in [-0.05, 0) is 37.5 Å². The van der Waals surface area contributed by atoms with E-state index in [0.29, 0.717) is 11.6 Å². The van der Waals surface area contributed by atoms with Gasteiger partial charge in [-0.2, -0.15) is 9.97 Å². The van der Waals surface area contributed by atoms with Crippen LogP contribution in [0.1, 0.15) is 96.1 Å². The summed E-state index contributed by atoms with van der Waals surface area (Å²) in [6, 6.07) is 7.59. The van der Waals surface area contributed by atoms with Crippen LogP contribution >= 0.6 is 0 Å². The molecule has 0 spiro atoms. The van der Waals surface area contributed by atoms with Gasteiger partial charge in [0.15, 0.2) is 5.82 Å². The predicted octanol–water partition coefficient (Wildman–Crippen LogP) is 8.19. The summed E-state index contributed by atoms with van der Waals surface area (Å²) < 4.78 is 0. The minimum atomic E-state index is -0.0767. The molecule has 31 heavy (non-hydrogen) atoms. The molecule has 1 aliphatic carbocycles. The Bertz CT molecular complexity index is 831. The normalized spacial score (nSPS) is 11.7. The van der Waals surface area contributed by atoms with Gasteiger partial charge in [-0.25, -0.2) is 4.98 Å². The lowest BCUT2D eigenvalue weighted by atomic mass is 9.84. The van der Waals surface area contributed by atoms with E-state index in [-0.39, 0.29) is 8.27 Å². The van der Waals surface area contributed by atoms with Gasteiger partial charge in [0.25, 0.3) is 0 Å². The summed E-state index contributed by atoms with van der Waals surface area (Å²) in [6.07, 6.45) is 9.19. The molecule has 3 N–H and O–H groups in total. The Balaban J connectivity index is -0.00000104. The van der Waals surface area contributed by atoms with E-state index >= 15 is 0 Å². The number of benzene rings is 1. The molecule has 0 radical (unpaired) electrons. The van der Waals surface area contributed by atoms with Crippen LogP contribution in [-0.4, -0.2) is 15.0 Å². The quantitative estimate of drug-likeness (QED) is 0.452. The third-order valence-electron chi connectivity index (χ3n) is 4.91. The lowest BCUT2D eigenvalue weighted by Gasteiger charge is -2.25. The van der Waals surface area contributed by atoms with Crippen molar-refractivity contribution in [2.45, 2.75) is 87.0 Å². The molecule has 0 aliphatic heterocycles. The molecule has 1 heterocycles. The average Bonchev–Trinajstić information content (AvgIpc) is 3.37. The van der Waals surface area contributed by atoms with Crippen molar-refractivity contribution in [2.75, 3.05) is 11.1 Å². The van der Waals surface area contributed by atoms with Gasteiger partial charge in [0, 0.05) is 25.2 Å². The standard InChI is InChI=1S/C20H25N5.3C2H6.2H2/c1-4-20(3,5-2)18-23-17(14-9-6-7-10-14)24-19(25-18)22-16-12-8-11-15(21)13-16;3*1-2;;/h6,8-13H,4-5,7,21H2,1-3H3,(H,22,23,24,25);3*1-2H3;2*1H. The molecule has 1 aliphatic rings. The summed E-state index contributed by atoms with van der Waals surface area (Å²) in [5, 5.41) is 3.28. The number of hydrogen-bond donors (Lipinski definition) is 2. The molecule has 3 rings (SSSR count). The van der Waals surface area contributed by atoms with Gasteiger partial charge >= 0.3 is 0 Å². The van der Waals surface area contributed by atoms with E-state index in [1.807, 2.05) is 65.8 Å². The Kier molecular flexibility index (Phi) is 13.8. The molecule has 2 aromatic rings. The minimum Gasteiger partial charge on any atom is -0.399 e. The molecule has 176 valence electrons.